The first-order valence-electron chi connectivity index (χ1n) is 7.86. The largest absolute Gasteiger partial charge is 0.354 e. The Morgan fingerprint density at radius 2 is 1.87 bits per heavy atom. The average molecular weight is 340 g/mol. The molecular weight excluding hydrogens is 314 g/mol. The molecule has 128 valence electrons. The van der Waals surface area contributed by atoms with Crippen LogP contribution in [0.2, 0.25) is 0 Å². The van der Waals surface area contributed by atoms with E-state index in [0.717, 1.165) is 12.8 Å². The second kappa shape index (κ2) is 8.89. The monoisotopic (exact) mass is 339 g/mol. The first-order valence-corrected chi connectivity index (χ1v) is 7.86. The van der Waals surface area contributed by atoms with Gasteiger partial charge in [0, 0.05) is 12.0 Å². The molecule has 2 rings (SSSR count). The van der Waals surface area contributed by atoms with Gasteiger partial charge in [0.05, 0.1) is 13.1 Å². The Bertz CT molecular complexity index is 542. The third-order valence-corrected chi connectivity index (χ3v) is 4.45. The van der Waals surface area contributed by atoms with E-state index in [9.17, 15) is 9.59 Å². The molecular formula is C17H26ClN3O2. The Morgan fingerprint density at radius 3 is 2.48 bits per heavy atom. The molecule has 1 saturated carbocycles. The van der Waals surface area contributed by atoms with E-state index in [2.05, 4.69) is 41.8 Å². The summed E-state index contributed by atoms with van der Waals surface area (Å²) in [7, 11) is 0. The van der Waals surface area contributed by atoms with Crippen LogP contribution in [0, 0.1) is 6.92 Å². The van der Waals surface area contributed by atoms with Gasteiger partial charge in [-0.1, -0.05) is 42.7 Å². The van der Waals surface area contributed by atoms with Gasteiger partial charge in [0.25, 0.3) is 0 Å². The maximum atomic E-state index is 11.9. The van der Waals surface area contributed by atoms with Gasteiger partial charge in [-0.15, -0.1) is 12.4 Å². The number of amides is 2. The minimum absolute atomic E-state index is 0. The molecule has 0 radical (unpaired) electrons. The van der Waals surface area contributed by atoms with Crippen LogP contribution in [0.25, 0.3) is 0 Å². The number of carbonyl (C=O) groups excluding carboxylic acids is 2. The van der Waals surface area contributed by atoms with Crippen LogP contribution in [0.15, 0.2) is 24.3 Å². The Kier molecular flexibility index (Phi) is 7.52. The Hall–Kier alpha value is -1.59. The van der Waals surface area contributed by atoms with Gasteiger partial charge in [-0.2, -0.15) is 0 Å². The first kappa shape index (κ1) is 19.5. The lowest BCUT2D eigenvalue weighted by Gasteiger charge is -2.30. The molecule has 1 aliphatic rings. The van der Waals surface area contributed by atoms with Crippen LogP contribution < -0.4 is 16.4 Å². The van der Waals surface area contributed by atoms with Gasteiger partial charge in [-0.25, -0.2) is 0 Å². The van der Waals surface area contributed by atoms with Crippen LogP contribution in [0.1, 0.15) is 36.8 Å². The molecule has 1 aromatic carbocycles. The zero-order valence-corrected chi connectivity index (χ0v) is 14.4. The third kappa shape index (κ3) is 5.22. The molecule has 2 amide bonds. The Balaban J connectivity index is 0.00000264. The average Bonchev–Trinajstić information content (AvgIpc) is 3.00. The van der Waals surface area contributed by atoms with E-state index >= 15 is 0 Å². The van der Waals surface area contributed by atoms with E-state index in [4.69, 9.17) is 5.73 Å². The zero-order chi connectivity index (χ0) is 16.0. The molecule has 0 spiro atoms. The molecule has 23 heavy (non-hydrogen) atoms. The quantitative estimate of drug-likeness (QED) is 0.733. The van der Waals surface area contributed by atoms with E-state index in [0.29, 0.717) is 6.54 Å². The lowest BCUT2D eigenvalue weighted by atomic mass is 9.78. The molecule has 4 N–H and O–H groups in total. The minimum atomic E-state index is -0.315. The fourth-order valence-electron chi connectivity index (χ4n) is 3.18. The van der Waals surface area contributed by atoms with Gasteiger partial charge in [0.2, 0.25) is 11.8 Å². The highest BCUT2D eigenvalue weighted by molar-refractivity contribution is 5.85. The summed E-state index contributed by atoms with van der Waals surface area (Å²) in [5.41, 5.74) is 7.77. The summed E-state index contributed by atoms with van der Waals surface area (Å²) in [4.78, 5) is 23.0. The van der Waals surface area contributed by atoms with Gasteiger partial charge in [-0.3, -0.25) is 9.59 Å². The summed E-state index contributed by atoms with van der Waals surface area (Å²) in [6.07, 6.45) is 4.55. The van der Waals surface area contributed by atoms with Crippen LogP contribution in [-0.2, 0) is 15.0 Å². The fraction of sp³-hybridized carbons (Fsp3) is 0.529. The lowest BCUT2D eigenvalue weighted by Crippen LogP contribution is -2.44. The third-order valence-electron chi connectivity index (χ3n) is 4.45. The van der Waals surface area contributed by atoms with Gasteiger partial charge < -0.3 is 16.4 Å². The molecule has 0 aliphatic heterocycles. The predicted octanol–water partition coefficient (Wildman–Crippen LogP) is 1.42. The molecule has 1 fully saturated rings. The summed E-state index contributed by atoms with van der Waals surface area (Å²) in [5.74, 6) is -0.481. The van der Waals surface area contributed by atoms with Gasteiger partial charge in [0.1, 0.15) is 0 Å². The highest BCUT2D eigenvalue weighted by atomic mass is 35.5. The van der Waals surface area contributed by atoms with Crippen LogP contribution in [0.5, 0.6) is 0 Å². The number of halogens is 1. The number of nitrogens with two attached hydrogens (primary N) is 1. The molecule has 0 bridgehead atoms. The molecule has 6 heteroatoms. The van der Waals surface area contributed by atoms with E-state index < -0.39 is 0 Å². The summed E-state index contributed by atoms with van der Waals surface area (Å²) >= 11 is 0. The van der Waals surface area contributed by atoms with Crippen molar-refractivity contribution in [3.63, 3.8) is 0 Å². The van der Waals surface area contributed by atoms with Crippen molar-refractivity contribution >= 4 is 24.2 Å². The predicted molar refractivity (Wildman–Crippen MR) is 93.6 cm³/mol. The number of hydrogen-bond donors (Lipinski definition) is 3. The number of rotatable bonds is 6. The Labute approximate surface area is 143 Å². The molecule has 0 saturated heterocycles. The normalized spacial score (nSPS) is 15.6. The summed E-state index contributed by atoms with van der Waals surface area (Å²) in [6, 6.07) is 8.54. The van der Waals surface area contributed by atoms with Crippen LogP contribution in [-0.4, -0.2) is 31.4 Å². The number of carbonyl (C=O) groups is 2. The van der Waals surface area contributed by atoms with E-state index in [-0.39, 0.29) is 42.7 Å². The lowest BCUT2D eigenvalue weighted by molar-refractivity contribution is -0.125. The maximum Gasteiger partial charge on any atom is 0.239 e. The van der Waals surface area contributed by atoms with Crippen LogP contribution >= 0.6 is 12.4 Å². The zero-order valence-electron chi connectivity index (χ0n) is 13.6. The summed E-state index contributed by atoms with van der Waals surface area (Å²) in [5, 5.41) is 5.46. The molecule has 0 unspecified atom stereocenters. The number of hydrogen-bond acceptors (Lipinski definition) is 3. The summed E-state index contributed by atoms with van der Waals surface area (Å²) in [6.45, 7) is 2.60. The van der Waals surface area contributed by atoms with Crippen molar-refractivity contribution in [1.82, 2.24) is 10.6 Å². The molecule has 1 aliphatic carbocycles. The maximum absolute atomic E-state index is 11.9. The van der Waals surface area contributed by atoms with Crippen LogP contribution in [0.4, 0.5) is 0 Å². The second-order valence-corrected chi connectivity index (χ2v) is 6.11. The standard InChI is InChI=1S/C17H25N3O2.ClH/c1-13-5-4-6-14(9-13)17(7-2-3-8-17)12-20-16(22)11-19-15(21)10-18;/h4-6,9H,2-3,7-8,10-12,18H2,1H3,(H,19,21)(H,20,22);1H. The molecule has 1 aromatic rings. The summed E-state index contributed by atoms with van der Waals surface area (Å²) < 4.78 is 0. The highest BCUT2D eigenvalue weighted by Gasteiger charge is 2.35. The molecule has 0 atom stereocenters. The van der Waals surface area contributed by atoms with Crippen molar-refractivity contribution in [2.75, 3.05) is 19.6 Å². The number of benzene rings is 1. The van der Waals surface area contributed by atoms with Gasteiger partial charge in [0.15, 0.2) is 0 Å². The number of nitrogens with one attached hydrogen (secondary N) is 2. The van der Waals surface area contributed by atoms with E-state index in [1.54, 1.807) is 0 Å². The smallest absolute Gasteiger partial charge is 0.239 e. The highest BCUT2D eigenvalue weighted by Crippen LogP contribution is 2.40. The van der Waals surface area contributed by atoms with Crippen molar-refractivity contribution in [3.05, 3.63) is 35.4 Å². The van der Waals surface area contributed by atoms with E-state index in [1.807, 2.05) is 0 Å². The van der Waals surface area contributed by atoms with Gasteiger partial charge in [-0.05, 0) is 25.3 Å². The van der Waals surface area contributed by atoms with Crippen molar-refractivity contribution < 1.29 is 9.59 Å². The van der Waals surface area contributed by atoms with Crippen molar-refractivity contribution in [2.45, 2.75) is 38.0 Å². The van der Waals surface area contributed by atoms with Gasteiger partial charge >= 0.3 is 0 Å². The second-order valence-electron chi connectivity index (χ2n) is 6.11. The molecule has 0 heterocycles. The minimum Gasteiger partial charge on any atom is -0.354 e. The molecule has 0 aromatic heterocycles. The van der Waals surface area contributed by atoms with Crippen molar-refractivity contribution in [3.8, 4) is 0 Å². The van der Waals surface area contributed by atoms with Crippen LogP contribution in [0.3, 0.4) is 0 Å². The van der Waals surface area contributed by atoms with Crippen molar-refractivity contribution in [2.24, 2.45) is 5.73 Å². The first-order chi connectivity index (χ1) is 10.6. The number of aryl methyl sites for hydroxylation is 1. The van der Waals surface area contributed by atoms with E-state index in [1.165, 1.54) is 24.0 Å². The van der Waals surface area contributed by atoms with Crippen molar-refractivity contribution in [1.29, 1.82) is 0 Å². The Morgan fingerprint density at radius 1 is 1.17 bits per heavy atom. The topological polar surface area (TPSA) is 84.2 Å². The SMILES string of the molecule is Cc1cccc(C2(CNC(=O)CNC(=O)CN)CCCC2)c1.Cl. The molecule has 5 nitrogen and oxygen atoms in total. The fourth-order valence-corrected chi connectivity index (χ4v) is 3.18.